The SMILES string of the molecule is C=CCOc1ccc(-c2ccc(/C=C/CCCC(C)O)c(F)c2F)cn1. The summed E-state index contributed by atoms with van der Waals surface area (Å²) in [5.74, 6) is -1.40. The Kier molecular flexibility index (Phi) is 7.48. The van der Waals surface area contributed by atoms with E-state index in [0.29, 0.717) is 30.9 Å². The highest BCUT2D eigenvalue weighted by molar-refractivity contribution is 5.66. The maximum absolute atomic E-state index is 14.4. The average molecular weight is 359 g/mol. The van der Waals surface area contributed by atoms with Crippen molar-refractivity contribution in [3.8, 4) is 17.0 Å². The minimum atomic E-state index is -0.905. The molecule has 1 aromatic carbocycles. The van der Waals surface area contributed by atoms with Gasteiger partial charge in [-0.2, -0.15) is 0 Å². The van der Waals surface area contributed by atoms with Gasteiger partial charge >= 0.3 is 0 Å². The van der Waals surface area contributed by atoms with Crippen LogP contribution >= 0.6 is 0 Å². The largest absolute Gasteiger partial charge is 0.473 e. The summed E-state index contributed by atoms with van der Waals surface area (Å²) >= 11 is 0. The smallest absolute Gasteiger partial charge is 0.213 e. The molecule has 0 radical (unpaired) electrons. The number of allylic oxidation sites excluding steroid dienone is 1. The van der Waals surface area contributed by atoms with Crippen LogP contribution in [-0.4, -0.2) is 22.8 Å². The zero-order chi connectivity index (χ0) is 18.9. The normalized spacial score (nSPS) is 12.3. The van der Waals surface area contributed by atoms with Crippen LogP contribution in [0.15, 0.2) is 49.2 Å². The number of aliphatic hydroxyl groups excluding tert-OH is 1. The van der Waals surface area contributed by atoms with Gasteiger partial charge in [0, 0.05) is 29.0 Å². The second kappa shape index (κ2) is 9.82. The fourth-order valence-electron chi connectivity index (χ4n) is 2.43. The van der Waals surface area contributed by atoms with Crippen molar-refractivity contribution in [1.29, 1.82) is 0 Å². The highest BCUT2D eigenvalue weighted by atomic mass is 19.2. The summed E-state index contributed by atoms with van der Waals surface area (Å²) in [6, 6.07) is 6.32. The molecule has 138 valence electrons. The monoisotopic (exact) mass is 359 g/mol. The molecule has 1 atom stereocenters. The van der Waals surface area contributed by atoms with E-state index >= 15 is 0 Å². The third-order valence-corrected chi connectivity index (χ3v) is 3.80. The summed E-state index contributed by atoms with van der Waals surface area (Å²) in [7, 11) is 0. The number of aliphatic hydroxyl groups is 1. The van der Waals surface area contributed by atoms with Crippen LogP contribution in [0.3, 0.4) is 0 Å². The molecule has 0 fully saturated rings. The lowest BCUT2D eigenvalue weighted by atomic mass is 10.0. The number of hydrogen-bond acceptors (Lipinski definition) is 3. The minimum absolute atomic E-state index is 0.150. The molecule has 0 saturated heterocycles. The fraction of sp³-hybridized carbons (Fsp3) is 0.286. The highest BCUT2D eigenvalue weighted by Gasteiger charge is 2.13. The second-order valence-corrected chi connectivity index (χ2v) is 6.00. The van der Waals surface area contributed by atoms with Gasteiger partial charge in [-0.3, -0.25) is 0 Å². The topological polar surface area (TPSA) is 42.4 Å². The molecular formula is C21H23F2NO2. The predicted molar refractivity (Wildman–Crippen MR) is 99.8 cm³/mol. The highest BCUT2D eigenvalue weighted by Crippen LogP contribution is 2.27. The van der Waals surface area contributed by atoms with E-state index in [-0.39, 0.29) is 17.2 Å². The van der Waals surface area contributed by atoms with Crippen molar-refractivity contribution in [3.05, 3.63) is 66.4 Å². The van der Waals surface area contributed by atoms with Crippen molar-refractivity contribution in [3.63, 3.8) is 0 Å². The molecule has 0 aliphatic carbocycles. The molecular weight excluding hydrogens is 336 g/mol. The van der Waals surface area contributed by atoms with Crippen molar-refractivity contribution < 1.29 is 18.6 Å². The van der Waals surface area contributed by atoms with E-state index in [4.69, 9.17) is 4.74 Å². The molecule has 2 aromatic rings. The van der Waals surface area contributed by atoms with E-state index in [0.717, 1.165) is 6.42 Å². The fourth-order valence-corrected chi connectivity index (χ4v) is 2.43. The summed E-state index contributed by atoms with van der Waals surface area (Å²) in [6.45, 7) is 5.60. The number of benzene rings is 1. The minimum Gasteiger partial charge on any atom is -0.473 e. The quantitative estimate of drug-likeness (QED) is 0.497. The van der Waals surface area contributed by atoms with Crippen LogP contribution in [0.25, 0.3) is 17.2 Å². The lowest BCUT2D eigenvalue weighted by molar-refractivity contribution is 0.182. The molecule has 0 aliphatic rings. The number of pyridine rings is 1. The van der Waals surface area contributed by atoms with Gasteiger partial charge in [-0.25, -0.2) is 13.8 Å². The maximum atomic E-state index is 14.4. The number of unbranched alkanes of at least 4 members (excludes halogenated alkanes) is 1. The first kappa shape index (κ1) is 19.8. The van der Waals surface area contributed by atoms with Gasteiger partial charge in [0.15, 0.2) is 11.6 Å². The molecule has 2 rings (SSSR count). The van der Waals surface area contributed by atoms with Crippen LogP contribution in [0.5, 0.6) is 5.88 Å². The Balaban J connectivity index is 2.11. The first-order chi connectivity index (χ1) is 12.5. The van der Waals surface area contributed by atoms with Crippen LogP contribution in [0.4, 0.5) is 8.78 Å². The first-order valence-corrected chi connectivity index (χ1v) is 8.55. The molecule has 0 bridgehead atoms. The van der Waals surface area contributed by atoms with Crippen molar-refractivity contribution in [2.24, 2.45) is 0 Å². The molecule has 26 heavy (non-hydrogen) atoms. The molecule has 1 N–H and O–H groups in total. The molecule has 0 saturated carbocycles. The van der Waals surface area contributed by atoms with Crippen LogP contribution in [0.1, 0.15) is 31.7 Å². The van der Waals surface area contributed by atoms with Crippen molar-refractivity contribution >= 4 is 6.08 Å². The summed E-state index contributed by atoms with van der Waals surface area (Å²) in [5.41, 5.74) is 0.818. The number of hydrogen-bond donors (Lipinski definition) is 1. The van der Waals surface area contributed by atoms with E-state index in [9.17, 15) is 13.9 Å². The number of halogens is 2. The van der Waals surface area contributed by atoms with Gasteiger partial charge < -0.3 is 9.84 Å². The van der Waals surface area contributed by atoms with Gasteiger partial charge in [0.05, 0.1) is 6.10 Å². The van der Waals surface area contributed by atoms with Crippen molar-refractivity contribution in [2.75, 3.05) is 6.61 Å². The summed E-state index contributed by atoms with van der Waals surface area (Å²) in [4.78, 5) is 4.08. The molecule has 1 unspecified atom stereocenters. The third kappa shape index (κ3) is 5.49. The summed E-state index contributed by atoms with van der Waals surface area (Å²) < 4.78 is 34.0. The van der Waals surface area contributed by atoms with Crippen molar-refractivity contribution in [1.82, 2.24) is 4.98 Å². The number of aromatic nitrogens is 1. The van der Waals surface area contributed by atoms with Gasteiger partial charge in [0.2, 0.25) is 5.88 Å². The number of ether oxygens (including phenoxy) is 1. The Morgan fingerprint density at radius 1 is 1.23 bits per heavy atom. The van der Waals surface area contributed by atoms with E-state index < -0.39 is 11.6 Å². The van der Waals surface area contributed by atoms with Crippen LogP contribution in [0.2, 0.25) is 0 Å². The van der Waals surface area contributed by atoms with Gasteiger partial charge in [-0.1, -0.05) is 36.9 Å². The van der Waals surface area contributed by atoms with Gasteiger partial charge in [0.25, 0.3) is 0 Å². The predicted octanol–water partition coefficient (Wildman–Crippen LogP) is 5.16. The van der Waals surface area contributed by atoms with Gasteiger partial charge in [-0.05, 0) is 32.3 Å². The van der Waals surface area contributed by atoms with Crippen molar-refractivity contribution in [2.45, 2.75) is 32.3 Å². The number of nitrogens with zero attached hydrogens (tertiary/aromatic N) is 1. The van der Waals surface area contributed by atoms with Crippen LogP contribution in [-0.2, 0) is 0 Å². The standard InChI is InChI=1S/C21H23F2NO2/c1-3-13-26-19-12-10-17(14-24-19)18-11-9-16(20(22)21(18)23)8-6-4-5-7-15(2)25/h3,6,8-12,14-15,25H,1,4-5,7,13H2,2H3/b8-6+. The van der Waals surface area contributed by atoms with E-state index in [2.05, 4.69) is 11.6 Å². The summed E-state index contributed by atoms with van der Waals surface area (Å²) in [5, 5.41) is 9.20. The Labute approximate surface area is 152 Å². The molecule has 5 heteroatoms. The molecule has 0 amide bonds. The lowest BCUT2D eigenvalue weighted by Crippen LogP contribution is -1.97. The molecule has 1 heterocycles. The Morgan fingerprint density at radius 3 is 2.69 bits per heavy atom. The van der Waals surface area contributed by atoms with Crippen LogP contribution < -0.4 is 4.74 Å². The molecule has 0 aliphatic heterocycles. The molecule has 3 nitrogen and oxygen atoms in total. The first-order valence-electron chi connectivity index (χ1n) is 8.55. The lowest BCUT2D eigenvalue weighted by Gasteiger charge is -2.08. The van der Waals surface area contributed by atoms with Crippen LogP contribution in [0, 0.1) is 11.6 Å². The Morgan fingerprint density at radius 2 is 2.04 bits per heavy atom. The van der Waals surface area contributed by atoms with E-state index in [1.807, 2.05) is 0 Å². The Hall–Kier alpha value is -2.53. The van der Waals surface area contributed by atoms with Gasteiger partial charge in [0.1, 0.15) is 6.61 Å². The Bertz CT molecular complexity index is 755. The van der Waals surface area contributed by atoms with E-state index in [1.165, 1.54) is 12.3 Å². The van der Waals surface area contributed by atoms with E-state index in [1.54, 1.807) is 43.4 Å². The zero-order valence-corrected chi connectivity index (χ0v) is 14.8. The maximum Gasteiger partial charge on any atom is 0.213 e. The van der Waals surface area contributed by atoms with Gasteiger partial charge in [-0.15, -0.1) is 0 Å². The third-order valence-electron chi connectivity index (χ3n) is 3.80. The average Bonchev–Trinajstić information content (AvgIpc) is 2.63. The molecule has 1 aromatic heterocycles. The summed E-state index contributed by atoms with van der Waals surface area (Å²) in [6.07, 6.45) is 8.22. The second-order valence-electron chi connectivity index (χ2n) is 6.00. The zero-order valence-electron chi connectivity index (χ0n) is 14.8. The number of rotatable bonds is 9. The molecule has 0 spiro atoms.